The zero-order valence-electron chi connectivity index (χ0n) is 13.2. The first-order valence-electron chi connectivity index (χ1n) is 7.12. The number of phenols is 1. The fourth-order valence-electron chi connectivity index (χ4n) is 1.93. The van der Waals surface area contributed by atoms with Crippen LogP contribution in [0.5, 0.6) is 11.5 Å². The van der Waals surface area contributed by atoms with Crippen molar-refractivity contribution in [3.8, 4) is 11.5 Å². The summed E-state index contributed by atoms with van der Waals surface area (Å²) in [5.41, 5.74) is 2.16. The Bertz CT molecular complexity index is 618. The molecule has 2 aromatic rings. The summed E-state index contributed by atoms with van der Waals surface area (Å²) < 4.78 is 5.04. The topological polar surface area (TPSA) is 65.9 Å². The van der Waals surface area contributed by atoms with Gasteiger partial charge in [0.2, 0.25) is 0 Å². The van der Waals surface area contributed by atoms with E-state index in [0.29, 0.717) is 18.8 Å². The molecule has 7 heteroatoms. The number of aliphatic imine (C=N–C) groups is 1. The van der Waals surface area contributed by atoms with E-state index in [1.165, 1.54) is 12.7 Å². The van der Waals surface area contributed by atoms with E-state index in [0.717, 1.165) is 18.1 Å². The third-order valence-corrected chi connectivity index (χ3v) is 3.78. The maximum Gasteiger partial charge on any atom is 0.191 e. The maximum absolute atomic E-state index is 9.79. The lowest BCUT2D eigenvalue weighted by Crippen LogP contribution is -2.36. The molecule has 0 amide bonds. The average Bonchev–Trinajstić information content (AvgIpc) is 3.03. The highest BCUT2D eigenvalue weighted by molar-refractivity contribution is 14.0. The molecular formula is C16H22IN3O2S. The first kappa shape index (κ1) is 19.6. The summed E-state index contributed by atoms with van der Waals surface area (Å²) >= 11 is 1.67. The number of methoxy groups -OCH3 is 1. The van der Waals surface area contributed by atoms with Crippen molar-refractivity contribution in [2.75, 3.05) is 13.7 Å². The summed E-state index contributed by atoms with van der Waals surface area (Å²) in [6.07, 6.45) is 0. The highest BCUT2D eigenvalue weighted by Crippen LogP contribution is 2.25. The zero-order chi connectivity index (χ0) is 15.8. The van der Waals surface area contributed by atoms with Crippen molar-refractivity contribution in [1.82, 2.24) is 10.6 Å². The molecule has 0 saturated heterocycles. The summed E-state index contributed by atoms with van der Waals surface area (Å²) in [5.74, 6) is 1.37. The predicted molar refractivity (Wildman–Crippen MR) is 106 cm³/mol. The highest BCUT2D eigenvalue weighted by atomic mass is 127. The first-order valence-corrected chi connectivity index (χ1v) is 8.06. The SMILES string of the molecule is CCNC(=NCc1ccsc1)NCc1ccc(OC)c(O)c1.I. The van der Waals surface area contributed by atoms with Gasteiger partial charge >= 0.3 is 0 Å². The van der Waals surface area contributed by atoms with Crippen LogP contribution in [0.4, 0.5) is 0 Å². The Morgan fingerprint density at radius 3 is 2.70 bits per heavy atom. The van der Waals surface area contributed by atoms with Gasteiger partial charge in [-0.05, 0) is 47.0 Å². The number of aromatic hydroxyl groups is 1. The normalized spacial score (nSPS) is 10.8. The molecule has 0 spiro atoms. The molecule has 3 N–H and O–H groups in total. The van der Waals surface area contributed by atoms with Crippen LogP contribution in [0.2, 0.25) is 0 Å². The summed E-state index contributed by atoms with van der Waals surface area (Å²) in [6, 6.07) is 7.42. The van der Waals surface area contributed by atoms with Gasteiger partial charge in [-0.3, -0.25) is 0 Å². The molecule has 0 aliphatic carbocycles. The summed E-state index contributed by atoms with van der Waals surface area (Å²) in [4.78, 5) is 4.54. The van der Waals surface area contributed by atoms with Crippen LogP contribution in [0.25, 0.3) is 0 Å². The molecule has 0 aliphatic rings. The molecule has 126 valence electrons. The van der Waals surface area contributed by atoms with Gasteiger partial charge in [0, 0.05) is 13.1 Å². The van der Waals surface area contributed by atoms with Gasteiger partial charge < -0.3 is 20.5 Å². The van der Waals surface area contributed by atoms with Crippen LogP contribution < -0.4 is 15.4 Å². The molecule has 0 radical (unpaired) electrons. The smallest absolute Gasteiger partial charge is 0.191 e. The lowest BCUT2D eigenvalue weighted by atomic mass is 10.2. The molecule has 1 heterocycles. The minimum atomic E-state index is 0. The number of ether oxygens (including phenoxy) is 1. The molecule has 5 nitrogen and oxygen atoms in total. The van der Waals surface area contributed by atoms with Crippen LogP contribution in [-0.2, 0) is 13.1 Å². The van der Waals surface area contributed by atoms with Gasteiger partial charge in [-0.2, -0.15) is 11.3 Å². The third-order valence-electron chi connectivity index (χ3n) is 3.05. The average molecular weight is 447 g/mol. The fourth-order valence-corrected chi connectivity index (χ4v) is 2.59. The van der Waals surface area contributed by atoms with Crippen molar-refractivity contribution in [3.63, 3.8) is 0 Å². The highest BCUT2D eigenvalue weighted by Gasteiger charge is 2.03. The molecule has 0 aliphatic heterocycles. The third kappa shape index (κ3) is 6.26. The first-order chi connectivity index (χ1) is 10.7. The lowest BCUT2D eigenvalue weighted by Gasteiger charge is -2.12. The van der Waals surface area contributed by atoms with E-state index in [1.54, 1.807) is 23.5 Å². The van der Waals surface area contributed by atoms with Gasteiger partial charge in [0.15, 0.2) is 17.5 Å². The molecule has 2 rings (SSSR count). The van der Waals surface area contributed by atoms with Crippen molar-refractivity contribution in [2.45, 2.75) is 20.0 Å². The van der Waals surface area contributed by atoms with Crippen molar-refractivity contribution in [2.24, 2.45) is 4.99 Å². The van der Waals surface area contributed by atoms with Gasteiger partial charge in [0.1, 0.15) is 0 Å². The summed E-state index contributed by atoms with van der Waals surface area (Å²) in [7, 11) is 1.54. The Labute approximate surface area is 157 Å². The van der Waals surface area contributed by atoms with Gasteiger partial charge in [-0.1, -0.05) is 6.07 Å². The van der Waals surface area contributed by atoms with Crippen LogP contribution in [0.15, 0.2) is 40.0 Å². The molecule has 0 fully saturated rings. The van der Waals surface area contributed by atoms with Crippen molar-refractivity contribution < 1.29 is 9.84 Å². The van der Waals surface area contributed by atoms with Crippen molar-refractivity contribution in [1.29, 1.82) is 0 Å². The van der Waals surface area contributed by atoms with Crippen molar-refractivity contribution >= 4 is 41.3 Å². The molecular weight excluding hydrogens is 425 g/mol. The predicted octanol–water partition coefficient (Wildman–Crippen LogP) is 3.34. The van der Waals surface area contributed by atoms with Crippen LogP contribution in [0.1, 0.15) is 18.1 Å². The Morgan fingerprint density at radius 2 is 2.09 bits per heavy atom. The number of halogens is 1. The lowest BCUT2D eigenvalue weighted by molar-refractivity contribution is 0.373. The number of nitrogens with one attached hydrogen (secondary N) is 2. The Kier molecular flexibility index (Phi) is 8.78. The largest absolute Gasteiger partial charge is 0.504 e. The van der Waals surface area contributed by atoms with Crippen LogP contribution in [0.3, 0.4) is 0 Å². The second kappa shape index (κ2) is 10.3. The number of phenolic OH excluding ortho intramolecular Hbond substituents is 1. The van der Waals surface area contributed by atoms with Crippen LogP contribution in [-0.4, -0.2) is 24.7 Å². The Balaban J connectivity index is 0.00000264. The van der Waals surface area contributed by atoms with E-state index >= 15 is 0 Å². The number of hydrogen-bond acceptors (Lipinski definition) is 4. The second-order valence-electron chi connectivity index (χ2n) is 4.69. The number of rotatable bonds is 6. The minimum absolute atomic E-state index is 0. The van der Waals surface area contributed by atoms with E-state index in [9.17, 15) is 5.11 Å². The standard InChI is InChI=1S/C16H21N3O2S.HI/c1-3-17-16(19-10-13-6-7-22-11-13)18-9-12-4-5-15(21-2)14(20)8-12;/h4-8,11,20H,3,9-10H2,1-2H3,(H2,17,18,19);1H. The van der Waals surface area contributed by atoms with Gasteiger partial charge in [0.25, 0.3) is 0 Å². The van der Waals surface area contributed by atoms with Crippen LogP contribution >= 0.6 is 35.3 Å². The minimum Gasteiger partial charge on any atom is -0.504 e. The summed E-state index contributed by atoms with van der Waals surface area (Å²) in [6.45, 7) is 4.05. The molecule has 0 saturated carbocycles. The number of hydrogen-bond donors (Lipinski definition) is 3. The van der Waals surface area contributed by atoms with E-state index in [1.807, 2.05) is 18.4 Å². The van der Waals surface area contributed by atoms with E-state index in [2.05, 4.69) is 27.1 Å². The fraction of sp³-hybridized carbons (Fsp3) is 0.312. The molecule has 23 heavy (non-hydrogen) atoms. The number of benzene rings is 1. The number of nitrogens with zero attached hydrogens (tertiary/aromatic N) is 1. The number of guanidine groups is 1. The molecule has 0 atom stereocenters. The second-order valence-corrected chi connectivity index (χ2v) is 5.47. The van der Waals surface area contributed by atoms with E-state index < -0.39 is 0 Å². The summed E-state index contributed by atoms with van der Waals surface area (Å²) in [5, 5.41) is 20.4. The Hall–Kier alpha value is -1.48. The van der Waals surface area contributed by atoms with E-state index in [-0.39, 0.29) is 29.7 Å². The molecule has 1 aromatic heterocycles. The quantitative estimate of drug-likeness (QED) is 0.361. The van der Waals surface area contributed by atoms with Gasteiger partial charge in [0.05, 0.1) is 13.7 Å². The van der Waals surface area contributed by atoms with Crippen LogP contribution in [0, 0.1) is 0 Å². The molecule has 0 unspecified atom stereocenters. The van der Waals surface area contributed by atoms with Gasteiger partial charge in [-0.15, -0.1) is 24.0 Å². The maximum atomic E-state index is 9.79. The zero-order valence-corrected chi connectivity index (χ0v) is 16.4. The van der Waals surface area contributed by atoms with Crippen molar-refractivity contribution in [3.05, 3.63) is 46.2 Å². The number of thiophene rings is 1. The van der Waals surface area contributed by atoms with E-state index in [4.69, 9.17) is 4.74 Å². The Morgan fingerprint density at radius 1 is 1.26 bits per heavy atom. The molecule has 1 aromatic carbocycles. The monoisotopic (exact) mass is 447 g/mol. The molecule has 0 bridgehead atoms. The van der Waals surface area contributed by atoms with Gasteiger partial charge in [-0.25, -0.2) is 4.99 Å².